The third-order valence-corrected chi connectivity index (χ3v) is 2.82. The number of pyridine rings is 1. The summed E-state index contributed by atoms with van der Waals surface area (Å²) < 4.78 is 5.09. The van der Waals surface area contributed by atoms with Crippen LogP contribution in [-0.2, 0) is 0 Å². The Morgan fingerprint density at radius 3 is 2.81 bits per heavy atom. The predicted octanol–water partition coefficient (Wildman–Crippen LogP) is 1.95. The van der Waals surface area contributed by atoms with Gasteiger partial charge in [-0.3, -0.25) is 9.78 Å². The first-order valence-electron chi connectivity index (χ1n) is 6.25. The second kappa shape index (κ2) is 6.51. The molecule has 0 atom stereocenters. The zero-order chi connectivity index (χ0) is 15.2. The highest BCUT2D eigenvalue weighted by Crippen LogP contribution is 2.23. The number of carbonyl (C=O) groups excluding carboxylic acids is 1. The Morgan fingerprint density at radius 2 is 2.14 bits per heavy atom. The molecule has 1 amide bonds. The highest BCUT2D eigenvalue weighted by molar-refractivity contribution is 6.02. The average molecular weight is 285 g/mol. The van der Waals surface area contributed by atoms with Gasteiger partial charge in [-0.15, -0.1) is 0 Å². The van der Waals surface area contributed by atoms with Gasteiger partial charge in [-0.2, -0.15) is 5.10 Å². The number of phenols is 1. The molecule has 0 saturated heterocycles. The number of methoxy groups -OCH3 is 1. The summed E-state index contributed by atoms with van der Waals surface area (Å²) in [6, 6.07) is 9.81. The van der Waals surface area contributed by atoms with Crippen molar-refractivity contribution in [1.82, 2.24) is 10.4 Å². The van der Waals surface area contributed by atoms with Gasteiger partial charge in [0.15, 0.2) is 0 Å². The van der Waals surface area contributed by atoms with Crippen molar-refractivity contribution in [3.8, 4) is 11.5 Å². The Balaban J connectivity index is 2.16. The van der Waals surface area contributed by atoms with Gasteiger partial charge in [0.25, 0.3) is 5.91 Å². The minimum Gasteiger partial charge on any atom is -0.507 e. The first-order chi connectivity index (χ1) is 10.1. The number of benzene rings is 1. The van der Waals surface area contributed by atoms with Crippen molar-refractivity contribution in [1.29, 1.82) is 0 Å². The molecule has 0 aliphatic rings. The van der Waals surface area contributed by atoms with Crippen molar-refractivity contribution in [2.75, 3.05) is 7.11 Å². The molecule has 0 unspecified atom stereocenters. The van der Waals surface area contributed by atoms with Gasteiger partial charge in [0.05, 0.1) is 12.8 Å². The van der Waals surface area contributed by atoms with Gasteiger partial charge in [-0.25, -0.2) is 5.43 Å². The number of hydrogen-bond acceptors (Lipinski definition) is 5. The quantitative estimate of drug-likeness (QED) is 0.664. The molecule has 1 aromatic heterocycles. The number of carbonyl (C=O) groups is 1. The van der Waals surface area contributed by atoms with Crippen molar-refractivity contribution >= 4 is 11.6 Å². The molecule has 6 nitrogen and oxygen atoms in total. The van der Waals surface area contributed by atoms with Crippen molar-refractivity contribution in [3.05, 3.63) is 53.9 Å². The summed E-state index contributed by atoms with van der Waals surface area (Å²) in [4.78, 5) is 15.7. The topological polar surface area (TPSA) is 83.8 Å². The van der Waals surface area contributed by atoms with Crippen molar-refractivity contribution < 1.29 is 14.6 Å². The Bertz CT molecular complexity index is 669. The lowest BCUT2D eigenvalue weighted by Gasteiger charge is -2.07. The summed E-state index contributed by atoms with van der Waals surface area (Å²) in [5.74, 6) is 0.231. The fraction of sp³-hybridized carbons (Fsp3) is 0.133. The highest BCUT2D eigenvalue weighted by atomic mass is 16.5. The van der Waals surface area contributed by atoms with E-state index < -0.39 is 5.91 Å². The molecule has 0 bridgehead atoms. The van der Waals surface area contributed by atoms with E-state index in [2.05, 4.69) is 15.5 Å². The van der Waals surface area contributed by atoms with E-state index in [4.69, 9.17) is 4.74 Å². The molecule has 6 heteroatoms. The zero-order valence-electron chi connectivity index (χ0n) is 11.7. The number of ether oxygens (including phenoxy) is 1. The normalized spacial score (nSPS) is 11.0. The van der Waals surface area contributed by atoms with Crippen molar-refractivity contribution in [2.45, 2.75) is 6.92 Å². The Hall–Kier alpha value is -2.89. The smallest absolute Gasteiger partial charge is 0.289 e. The van der Waals surface area contributed by atoms with E-state index in [-0.39, 0.29) is 11.4 Å². The molecule has 21 heavy (non-hydrogen) atoms. The van der Waals surface area contributed by atoms with Crippen LogP contribution in [0, 0.1) is 0 Å². The fourth-order valence-electron chi connectivity index (χ4n) is 1.68. The molecule has 0 radical (unpaired) electrons. The maximum Gasteiger partial charge on any atom is 0.289 e. The van der Waals surface area contributed by atoms with Crippen molar-refractivity contribution in [3.63, 3.8) is 0 Å². The molecule has 1 aromatic carbocycles. The van der Waals surface area contributed by atoms with Crippen LogP contribution in [0.4, 0.5) is 0 Å². The number of aromatic nitrogens is 1. The second-order valence-corrected chi connectivity index (χ2v) is 4.24. The van der Waals surface area contributed by atoms with Crippen LogP contribution in [0.1, 0.15) is 23.0 Å². The largest absolute Gasteiger partial charge is 0.507 e. The van der Waals surface area contributed by atoms with Gasteiger partial charge in [0.1, 0.15) is 17.2 Å². The third kappa shape index (κ3) is 3.56. The lowest BCUT2D eigenvalue weighted by molar-refractivity contribution is 0.0950. The molecule has 2 rings (SSSR count). The van der Waals surface area contributed by atoms with Gasteiger partial charge >= 0.3 is 0 Å². The predicted molar refractivity (Wildman–Crippen MR) is 78.6 cm³/mol. The summed E-state index contributed by atoms with van der Waals surface area (Å²) in [5, 5.41) is 13.8. The molecular formula is C15H15N3O3. The number of phenolic OH excluding ortho intramolecular Hbond substituents is 1. The SMILES string of the molecule is COc1ccc(O)c(/C(C)=N/NC(=O)c2ccccn2)c1. The molecule has 1 heterocycles. The van der Waals surface area contributed by atoms with Gasteiger partial charge in [-0.05, 0) is 37.3 Å². The van der Waals surface area contributed by atoms with E-state index >= 15 is 0 Å². The van der Waals surface area contributed by atoms with Crippen LogP contribution in [0.5, 0.6) is 11.5 Å². The van der Waals surface area contributed by atoms with Gasteiger partial charge < -0.3 is 9.84 Å². The van der Waals surface area contributed by atoms with Crippen LogP contribution in [-0.4, -0.2) is 28.8 Å². The summed E-state index contributed by atoms with van der Waals surface area (Å²) >= 11 is 0. The number of aromatic hydroxyl groups is 1. The van der Waals surface area contributed by atoms with Crippen LogP contribution < -0.4 is 10.2 Å². The minimum absolute atomic E-state index is 0.0594. The summed E-state index contributed by atoms with van der Waals surface area (Å²) in [6.45, 7) is 1.67. The lowest BCUT2D eigenvalue weighted by atomic mass is 10.1. The number of nitrogens with one attached hydrogen (secondary N) is 1. The Labute approximate surface area is 122 Å². The Morgan fingerprint density at radius 1 is 1.33 bits per heavy atom. The summed E-state index contributed by atoms with van der Waals surface area (Å²) in [7, 11) is 1.53. The number of rotatable bonds is 4. The average Bonchev–Trinajstić information content (AvgIpc) is 2.53. The minimum atomic E-state index is -0.419. The monoisotopic (exact) mass is 285 g/mol. The number of nitrogens with zero attached hydrogens (tertiary/aromatic N) is 2. The molecule has 0 fully saturated rings. The first kappa shape index (κ1) is 14.5. The van der Waals surface area contributed by atoms with E-state index in [1.54, 1.807) is 37.3 Å². The highest BCUT2D eigenvalue weighted by Gasteiger charge is 2.09. The van der Waals surface area contributed by atoms with Gasteiger partial charge in [-0.1, -0.05) is 6.07 Å². The third-order valence-electron chi connectivity index (χ3n) is 2.82. The van der Waals surface area contributed by atoms with Crippen molar-refractivity contribution in [2.24, 2.45) is 5.10 Å². The van der Waals surface area contributed by atoms with E-state index in [0.29, 0.717) is 17.0 Å². The zero-order valence-corrected chi connectivity index (χ0v) is 11.7. The van der Waals surface area contributed by atoms with E-state index in [1.807, 2.05) is 0 Å². The van der Waals surface area contributed by atoms with Crippen LogP contribution in [0.15, 0.2) is 47.7 Å². The molecular weight excluding hydrogens is 270 g/mol. The van der Waals surface area contributed by atoms with Crippen LogP contribution >= 0.6 is 0 Å². The standard InChI is InChI=1S/C15H15N3O3/c1-10(12-9-11(21-2)6-7-14(12)19)17-18-15(20)13-5-3-4-8-16-13/h3-9,19H,1-2H3,(H,18,20)/b17-10+. The van der Waals surface area contributed by atoms with Crippen LogP contribution in [0.3, 0.4) is 0 Å². The van der Waals surface area contributed by atoms with Gasteiger partial charge in [0, 0.05) is 11.8 Å². The summed E-state index contributed by atoms with van der Waals surface area (Å²) in [5.41, 5.74) is 3.60. The first-order valence-corrected chi connectivity index (χ1v) is 6.25. The number of hydrogen-bond donors (Lipinski definition) is 2. The lowest BCUT2D eigenvalue weighted by Crippen LogP contribution is -2.20. The number of hydrazone groups is 1. The molecule has 0 aliphatic carbocycles. The molecule has 2 aromatic rings. The van der Waals surface area contributed by atoms with Crippen LogP contribution in [0.25, 0.3) is 0 Å². The fourth-order valence-corrected chi connectivity index (χ4v) is 1.68. The van der Waals surface area contributed by atoms with E-state index in [9.17, 15) is 9.90 Å². The van der Waals surface area contributed by atoms with Crippen LogP contribution in [0.2, 0.25) is 0 Å². The van der Waals surface area contributed by atoms with E-state index in [1.165, 1.54) is 19.4 Å². The van der Waals surface area contributed by atoms with Gasteiger partial charge in [0.2, 0.25) is 0 Å². The molecule has 0 saturated carbocycles. The van der Waals surface area contributed by atoms with E-state index in [0.717, 1.165) is 0 Å². The Kier molecular flexibility index (Phi) is 4.50. The number of amides is 1. The molecule has 0 aliphatic heterocycles. The molecule has 2 N–H and O–H groups in total. The molecule has 0 spiro atoms. The summed E-state index contributed by atoms with van der Waals surface area (Å²) in [6.07, 6.45) is 1.53. The maximum absolute atomic E-state index is 11.8. The maximum atomic E-state index is 11.8. The molecule has 108 valence electrons. The second-order valence-electron chi connectivity index (χ2n) is 4.24.